The van der Waals surface area contributed by atoms with Gasteiger partial charge in [0.2, 0.25) is 0 Å². The van der Waals surface area contributed by atoms with Crippen LogP contribution in [0.15, 0.2) is 88.9 Å². The maximum atomic E-state index is 13.2. The Bertz CT molecular complexity index is 1580. The second-order valence-electron chi connectivity index (χ2n) is 7.97. The van der Waals surface area contributed by atoms with Gasteiger partial charge in [0.15, 0.2) is 11.5 Å². The van der Waals surface area contributed by atoms with Crippen molar-refractivity contribution in [3.63, 3.8) is 0 Å². The van der Waals surface area contributed by atoms with Gasteiger partial charge in [0.25, 0.3) is 15.9 Å². The second-order valence-corrected chi connectivity index (χ2v) is 9.80. The summed E-state index contributed by atoms with van der Waals surface area (Å²) in [5.41, 5.74) is 4.79. The Hall–Kier alpha value is -4.37. The first-order valence-corrected chi connectivity index (χ1v) is 12.2. The molecule has 4 aromatic rings. The minimum atomic E-state index is -3.66. The molecule has 1 aliphatic heterocycles. The fraction of sp³-hybridized carbons (Fsp3) is 0.0769. The molecule has 0 radical (unpaired) electrons. The van der Waals surface area contributed by atoms with Crippen LogP contribution >= 0.6 is 0 Å². The SMILES string of the molecule is COc1ccc(/C=N/NC(=O)c2ccc(CN3c4cccc5cccc(c45)S3(=O)=O)cc2)cc1O. The average Bonchev–Trinajstić information content (AvgIpc) is 3.08. The van der Waals surface area contributed by atoms with E-state index in [-0.39, 0.29) is 12.3 Å². The molecule has 1 amide bonds. The molecule has 5 rings (SSSR count). The first-order valence-electron chi connectivity index (χ1n) is 10.7. The van der Waals surface area contributed by atoms with Crippen molar-refractivity contribution < 1.29 is 23.1 Å². The van der Waals surface area contributed by atoms with Gasteiger partial charge in [0, 0.05) is 10.9 Å². The highest BCUT2D eigenvalue weighted by Crippen LogP contribution is 2.42. The molecule has 4 aromatic carbocycles. The number of benzene rings is 4. The van der Waals surface area contributed by atoms with Crippen LogP contribution in [0.1, 0.15) is 21.5 Å². The van der Waals surface area contributed by atoms with Crippen molar-refractivity contribution in [3.05, 3.63) is 95.6 Å². The van der Waals surface area contributed by atoms with Crippen LogP contribution < -0.4 is 14.5 Å². The molecular formula is C26H21N3O5S. The summed E-state index contributed by atoms with van der Waals surface area (Å²) in [5.74, 6) is -0.109. The van der Waals surface area contributed by atoms with E-state index in [1.54, 1.807) is 54.6 Å². The topological polar surface area (TPSA) is 108 Å². The summed E-state index contributed by atoms with van der Waals surface area (Å²) < 4.78 is 32.7. The highest BCUT2D eigenvalue weighted by atomic mass is 32.2. The number of phenolic OH excluding ortho intramolecular Hbond substituents is 1. The number of rotatable bonds is 6. The van der Waals surface area contributed by atoms with E-state index >= 15 is 0 Å². The number of ether oxygens (including phenoxy) is 1. The van der Waals surface area contributed by atoms with Gasteiger partial charge >= 0.3 is 0 Å². The monoisotopic (exact) mass is 487 g/mol. The second kappa shape index (κ2) is 8.77. The third-order valence-corrected chi connectivity index (χ3v) is 7.61. The van der Waals surface area contributed by atoms with Crippen LogP contribution in [-0.4, -0.2) is 32.8 Å². The molecule has 2 N–H and O–H groups in total. The summed E-state index contributed by atoms with van der Waals surface area (Å²) in [6.45, 7) is 0.150. The molecule has 1 aliphatic rings. The number of carbonyl (C=O) groups is 1. The molecular weight excluding hydrogens is 466 g/mol. The van der Waals surface area contributed by atoms with Crippen LogP contribution in [0.2, 0.25) is 0 Å². The van der Waals surface area contributed by atoms with E-state index in [0.717, 1.165) is 16.3 Å². The Morgan fingerprint density at radius 2 is 1.80 bits per heavy atom. The van der Waals surface area contributed by atoms with Gasteiger partial charge in [-0.2, -0.15) is 5.10 Å². The first kappa shape index (κ1) is 22.4. The molecule has 0 saturated carbocycles. The molecule has 0 aromatic heterocycles. The van der Waals surface area contributed by atoms with Gasteiger partial charge in [0.1, 0.15) is 0 Å². The number of nitrogens with zero attached hydrogens (tertiary/aromatic N) is 2. The number of hydrogen-bond acceptors (Lipinski definition) is 6. The predicted octanol–water partition coefficient (Wildman–Crippen LogP) is 4.03. The number of methoxy groups -OCH3 is 1. The third-order valence-electron chi connectivity index (χ3n) is 5.81. The van der Waals surface area contributed by atoms with Crippen molar-refractivity contribution in [1.29, 1.82) is 0 Å². The molecule has 35 heavy (non-hydrogen) atoms. The van der Waals surface area contributed by atoms with Crippen molar-refractivity contribution >= 4 is 38.6 Å². The van der Waals surface area contributed by atoms with Gasteiger partial charge < -0.3 is 9.84 Å². The van der Waals surface area contributed by atoms with E-state index < -0.39 is 15.9 Å². The molecule has 0 atom stereocenters. The number of aromatic hydroxyl groups is 1. The van der Waals surface area contributed by atoms with Gasteiger partial charge in [-0.25, -0.2) is 13.8 Å². The van der Waals surface area contributed by atoms with Crippen molar-refractivity contribution in [1.82, 2.24) is 5.43 Å². The molecule has 9 heteroatoms. The van der Waals surface area contributed by atoms with E-state index in [2.05, 4.69) is 10.5 Å². The number of phenols is 1. The van der Waals surface area contributed by atoms with Gasteiger partial charge in [-0.1, -0.05) is 36.4 Å². The molecule has 0 spiro atoms. The average molecular weight is 488 g/mol. The number of hydrazone groups is 1. The zero-order chi connectivity index (χ0) is 24.6. The summed E-state index contributed by atoms with van der Waals surface area (Å²) in [5, 5.41) is 15.3. The van der Waals surface area contributed by atoms with E-state index in [4.69, 9.17) is 4.74 Å². The quantitative estimate of drug-likeness (QED) is 0.315. The number of sulfonamides is 1. The molecule has 1 heterocycles. The number of hydrogen-bond donors (Lipinski definition) is 2. The van der Waals surface area contributed by atoms with Crippen LogP contribution in [0.25, 0.3) is 10.8 Å². The number of carbonyl (C=O) groups excluding carboxylic acids is 1. The zero-order valence-corrected chi connectivity index (χ0v) is 19.5. The molecule has 0 fully saturated rings. The largest absolute Gasteiger partial charge is 0.504 e. The van der Waals surface area contributed by atoms with Crippen molar-refractivity contribution in [3.8, 4) is 11.5 Å². The van der Waals surface area contributed by atoms with Crippen LogP contribution in [0.4, 0.5) is 5.69 Å². The molecule has 8 nitrogen and oxygen atoms in total. The van der Waals surface area contributed by atoms with Crippen LogP contribution in [0.3, 0.4) is 0 Å². The lowest BCUT2D eigenvalue weighted by molar-refractivity contribution is 0.0955. The Morgan fingerprint density at radius 3 is 2.51 bits per heavy atom. The molecule has 0 unspecified atom stereocenters. The van der Waals surface area contributed by atoms with Crippen molar-refractivity contribution in [2.24, 2.45) is 5.10 Å². The minimum Gasteiger partial charge on any atom is -0.504 e. The summed E-state index contributed by atoms with van der Waals surface area (Å²) in [7, 11) is -2.20. The van der Waals surface area contributed by atoms with E-state index in [0.29, 0.717) is 27.5 Å². The summed E-state index contributed by atoms with van der Waals surface area (Å²) in [6, 6.07) is 22.2. The number of nitrogens with one attached hydrogen (secondary N) is 1. The normalized spacial score (nSPS) is 13.9. The highest BCUT2D eigenvalue weighted by molar-refractivity contribution is 7.93. The van der Waals surface area contributed by atoms with Crippen LogP contribution in [-0.2, 0) is 16.6 Å². The van der Waals surface area contributed by atoms with Gasteiger partial charge in [-0.15, -0.1) is 0 Å². The molecule has 0 aliphatic carbocycles. The molecule has 0 bridgehead atoms. The van der Waals surface area contributed by atoms with Crippen molar-refractivity contribution in [2.45, 2.75) is 11.4 Å². The summed E-state index contributed by atoms with van der Waals surface area (Å²) >= 11 is 0. The lowest BCUT2D eigenvalue weighted by Gasteiger charge is -2.19. The van der Waals surface area contributed by atoms with Crippen LogP contribution in [0, 0.1) is 0 Å². The van der Waals surface area contributed by atoms with E-state index in [1.165, 1.54) is 23.7 Å². The van der Waals surface area contributed by atoms with Crippen molar-refractivity contribution in [2.75, 3.05) is 11.4 Å². The Kier molecular flexibility index (Phi) is 5.62. The lowest BCUT2D eigenvalue weighted by Crippen LogP contribution is -2.26. The maximum Gasteiger partial charge on any atom is 0.271 e. The fourth-order valence-electron chi connectivity index (χ4n) is 4.07. The summed E-state index contributed by atoms with van der Waals surface area (Å²) in [6.07, 6.45) is 1.40. The lowest BCUT2D eigenvalue weighted by atomic mass is 10.1. The standard InChI is InChI=1S/C26H21N3O5S/c1-34-23-13-10-18(14-22(23)30)15-27-28-26(31)20-11-8-17(9-12-20)16-29-21-6-2-4-19-5-3-7-24(25(19)21)35(29,32)33/h2-15,30H,16H2,1H3,(H,28,31)/b27-15+. The molecule has 0 saturated heterocycles. The summed E-state index contributed by atoms with van der Waals surface area (Å²) in [4.78, 5) is 12.7. The number of anilines is 1. The Labute approximate surface area is 202 Å². The van der Waals surface area contributed by atoms with Gasteiger partial charge in [-0.05, 0) is 59.0 Å². The van der Waals surface area contributed by atoms with Gasteiger partial charge in [0.05, 0.1) is 30.5 Å². The van der Waals surface area contributed by atoms with Gasteiger partial charge in [-0.3, -0.25) is 9.10 Å². The van der Waals surface area contributed by atoms with Crippen LogP contribution in [0.5, 0.6) is 11.5 Å². The first-order chi connectivity index (χ1) is 16.9. The molecule has 176 valence electrons. The predicted molar refractivity (Wildman–Crippen MR) is 133 cm³/mol. The van der Waals surface area contributed by atoms with E-state index in [1.807, 2.05) is 18.2 Å². The third kappa shape index (κ3) is 4.06. The Morgan fingerprint density at radius 1 is 1.06 bits per heavy atom. The minimum absolute atomic E-state index is 0.0299. The zero-order valence-electron chi connectivity index (χ0n) is 18.7. The van der Waals surface area contributed by atoms with E-state index in [9.17, 15) is 18.3 Å². The maximum absolute atomic E-state index is 13.2. The Balaban J connectivity index is 1.29. The number of amides is 1. The smallest absolute Gasteiger partial charge is 0.271 e. The fourth-order valence-corrected chi connectivity index (χ4v) is 5.77. The highest BCUT2D eigenvalue weighted by Gasteiger charge is 2.35.